The maximum absolute atomic E-state index is 12.6. The molecular weight excluding hydrogens is 313 g/mol. The summed E-state index contributed by atoms with van der Waals surface area (Å²) in [5.41, 5.74) is 0.0629. The van der Waals surface area contributed by atoms with Gasteiger partial charge in [-0.05, 0) is 38.7 Å². The molecule has 0 bridgehead atoms. The van der Waals surface area contributed by atoms with E-state index in [-0.39, 0.29) is 16.5 Å². The van der Waals surface area contributed by atoms with Gasteiger partial charge in [-0.1, -0.05) is 12.1 Å². The van der Waals surface area contributed by atoms with Gasteiger partial charge in [-0.15, -0.1) is 11.8 Å². The van der Waals surface area contributed by atoms with Gasteiger partial charge in [-0.2, -0.15) is 13.2 Å². The number of likely N-dealkylation sites (N-methyl/N-ethyl adjacent to an activating group) is 1. The minimum absolute atomic E-state index is 0.0387. The highest BCUT2D eigenvalue weighted by Crippen LogP contribution is 2.43. The first-order chi connectivity index (χ1) is 10.2. The smallest absolute Gasteiger partial charge is 0.324 e. The van der Waals surface area contributed by atoms with Crippen molar-refractivity contribution in [2.45, 2.75) is 23.7 Å². The molecule has 1 aliphatic rings. The molecule has 1 aromatic rings. The lowest BCUT2D eigenvalue weighted by molar-refractivity contribution is -0.137. The predicted octanol–water partition coefficient (Wildman–Crippen LogP) is 3.23. The lowest BCUT2D eigenvalue weighted by Gasteiger charge is -2.25. The van der Waals surface area contributed by atoms with Gasteiger partial charge in [-0.3, -0.25) is 4.79 Å². The maximum atomic E-state index is 12.6. The Hall–Kier alpha value is -1.21. The summed E-state index contributed by atoms with van der Waals surface area (Å²) in [5, 5.41) is -0.390. The van der Waals surface area contributed by atoms with Crippen molar-refractivity contribution in [2.24, 2.45) is 0 Å². The Morgan fingerprint density at radius 2 is 1.82 bits per heavy atom. The molecule has 0 aliphatic carbocycles. The summed E-state index contributed by atoms with van der Waals surface area (Å²) in [7, 11) is 3.84. The van der Waals surface area contributed by atoms with E-state index in [2.05, 4.69) is 0 Å². The quantitative estimate of drug-likeness (QED) is 0.846. The second-order valence-corrected chi connectivity index (χ2v) is 7.01. The van der Waals surface area contributed by atoms with Crippen molar-refractivity contribution in [3.05, 3.63) is 35.4 Å². The van der Waals surface area contributed by atoms with Crippen LogP contribution >= 0.6 is 11.8 Å². The predicted molar refractivity (Wildman–Crippen MR) is 81.5 cm³/mol. The molecule has 1 aromatic carbocycles. The van der Waals surface area contributed by atoms with Gasteiger partial charge in [0.05, 0.1) is 10.8 Å². The molecule has 3 nitrogen and oxygen atoms in total. The number of carbonyl (C=O) groups excluding carboxylic acids is 1. The van der Waals surface area contributed by atoms with E-state index in [0.29, 0.717) is 6.54 Å². The van der Waals surface area contributed by atoms with Gasteiger partial charge in [0.25, 0.3) is 0 Å². The second-order valence-electron chi connectivity index (χ2n) is 5.59. The zero-order valence-electron chi connectivity index (χ0n) is 12.7. The summed E-state index contributed by atoms with van der Waals surface area (Å²) in [5.74, 6) is 0.0387. The summed E-state index contributed by atoms with van der Waals surface area (Å²) in [6.07, 6.45) is -4.34. The Kier molecular flexibility index (Phi) is 5.07. The number of benzene rings is 1. The van der Waals surface area contributed by atoms with Crippen LogP contribution in [0.25, 0.3) is 0 Å². The van der Waals surface area contributed by atoms with Gasteiger partial charge in [0.2, 0.25) is 5.91 Å². The zero-order chi connectivity index (χ0) is 16.5. The molecule has 7 heteroatoms. The van der Waals surface area contributed by atoms with Crippen molar-refractivity contribution in [1.82, 2.24) is 9.80 Å². The number of rotatable bonds is 4. The van der Waals surface area contributed by atoms with Crippen molar-refractivity contribution >= 4 is 17.7 Å². The highest BCUT2D eigenvalue weighted by atomic mass is 32.2. The standard InChI is InChI=1S/C15H19F3N2OS/c1-10-13(21)20(9-8-19(2)3)14(22-10)11-4-6-12(7-5-11)15(16,17)18/h4-7,10,14H,8-9H2,1-3H3. The molecule has 2 unspecified atom stereocenters. The van der Waals surface area contributed by atoms with Gasteiger partial charge in [0, 0.05) is 13.1 Å². The van der Waals surface area contributed by atoms with Crippen LogP contribution in [-0.4, -0.2) is 48.1 Å². The van der Waals surface area contributed by atoms with Crippen LogP contribution in [0.15, 0.2) is 24.3 Å². The van der Waals surface area contributed by atoms with Crippen molar-refractivity contribution in [3.8, 4) is 0 Å². The topological polar surface area (TPSA) is 23.6 Å². The van der Waals surface area contributed by atoms with Crippen molar-refractivity contribution in [3.63, 3.8) is 0 Å². The van der Waals surface area contributed by atoms with E-state index in [4.69, 9.17) is 0 Å². The van der Waals surface area contributed by atoms with Crippen LogP contribution in [0.1, 0.15) is 23.4 Å². The molecule has 2 rings (SSSR count). The molecule has 2 atom stereocenters. The molecule has 0 N–H and O–H groups in total. The van der Waals surface area contributed by atoms with Crippen LogP contribution < -0.4 is 0 Å². The minimum atomic E-state index is -4.34. The fourth-order valence-electron chi connectivity index (χ4n) is 2.30. The molecule has 122 valence electrons. The third-order valence-corrected chi connectivity index (χ3v) is 4.95. The van der Waals surface area contributed by atoms with Crippen molar-refractivity contribution < 1.29 is 18.0 Å². The second kappa shape index (κ2) is 6.50. The number of alkyl halides is 3. The van der Waals surface area contributed by atoms with Crippen LogP contribution in [0.5, 0.6) is 0 Å². The molecule has 0 aromatic heterocycles. The molecule has 1 amide bonds. The Bertz CT molecular complexity index is 531. The molecule has 1 fully saturated rings. The molecular formula is C15H19F3N2OS. The number of hydrogen-bond donors (Lipinski definition) is 0. The monoisotopic (exact) mass is 332 g/mol. The zero-order valence-corrected chi connectivity index (χ0v) is 13.5. The minimum Gasteiger partial charge on any atom is -0.324 e. The van der Waals surface area contributed by atoms with E-state index in [1.54, 1.807) is 4.90 Å². The van der Waals surface area contributed by atoms with Crippen LogP contribution in [0.4, 0.5) is 13.2 Å². The summed E-state index contributed by atoms with van der Waals surface area (Å²) in [6.45, 7) is 3.12. The lowest BCUT2D eigenvalue weighted by Crippen LogP contribution is -2.36. The third kappa shape index (κ3) is 3.76. The Balaban J connectivity index is 2.19. The summed E-state index contributed by atoms with van der Waals surface area (Å²) < 4.78 is 37.9. The first kappa shape index (κ1) is 17.1. The normalized spacial score (nSPS) is 22.7. The van der Waals surface area contributed by atoms with Gasteiger partial charge in [0.1, 0.15) is 5.37 Å². The number of nitrogens with zero attached hydrogens (tertiary/aromatic N) is 2. The van der Waals surface area contributed by atoms with Gasteiger partial charge >= 0.3 is 6.18 Å². The van der Waals surface area contributed by atoms with Gasteiger partial charge in [0.15, 0.2) is 0 Å². The first-order valence-corrected chi connectivity index (χ1v) is 7.92. The largest absolute Gasteiger partial charge is 0.416 e. The van der Waals surface area contributed by atoms with E-state index >= 15 is 0 Å². The highest BCUT2D eigenvalue weighted by molar-refractivity contribution is 8.01. The van der Waals surface area contributed by atoms with E-state index in [1.807, 2.05) is 25.9 Å². The summed E-state index contributed by atoms with van der Waals surface area (Å²) >= 11 is 1.48. The van der Waals surface area contributed by atoms with Crippen molar-refractivity contribution in [2.75, 3.05) is 27.2 Å². The molecule has 0 spiro atoms. The van der Waals surface area contributed by atoms with E-state index in [1.165, 1.54) is 23.9 Å². The number of amides is 1. The molecule has 1 saturated heterocycles. The van der Waals surface area contributed by atoms with Crippen LogP contribution in [0.2, 0.25) is 0 Å². The Morgan fingerprint density at radius 3 is 2.32 bits per heavy atom. The first-order valence-electron chi connectivity index (χ1n) is 6.98. The third-order valence-electron chi connectivity index (χ3n) is 3.56. The number of hydrogen-bond acceptors (Lipinski definition) is 3. The fourth-order valence-corrected chi connectivity index (χ4v) is 3.61. The highest BCUT2D eigenvalue weighted by Gasteiger charge is 2.38. The van der Waals surface area contributed by atoms with E-state index in [0.717, 1.165) is 24.2 Å². The Labute approximate surface area is 132 Å². The number of carbonyl (C=O) groups is 1. The van der Waals surface area contributed by atoms with Crippen LogP contribution in [0.3, 0.4) is 0 Å². The maximum Gasteiger partial charge on any atom is 0.416 e. The van der Waals surface area contributed by atoms with Crippen LogP contribution in [-0.2, 0) is 11.0 Å². The van der Waals surface area contributed by atoms with Crippen LogP contribution in [0, 0.1) is 0 Å². The molecule has 0 saturated carbocycles. The summed E-state index contributed by atoms with van der Waals surface area (Å²) in [6, 6.07) is 5.09. The lowest BCUT2D eigenvalue weighted by atomic mass is 10.1. The van der Waals surface area contributed by atoms with Gasteiger partial charge < -0.3 is 9.80 Å². The Morgan fingerprint density at radius 1 is 1.23 bits per heavy atom. The molecule has 1 heterocycles. The average molecular weight is 332 g/mol. The SMILES string of the molecule is CC1SC(c2ccc(C(F)(F)F)cc2)N(CCN(C)C)C1=O. The number of halogens is 3. The summed E-state index contributed by atoms with van der Waals surface area (Å²) in [4.78, 5) is 16.0. The molecule has 1 aliphatic heterocycles. The van der Waals surface area contributed by atoms with E-state index < -0.39 is 11.7 Å². The fraction of sp³-hybridized carbons (Fsp3) is 0.533. The molecule has 0 radical (unpaired) electrons. The molecule has 22 heavy (non-hydrogen) atoms. The van der Waals surface area contributed by atoms with E-state index in [9.17, 15) is 18.0 Å². The van der Waals surface area contributed by atoms with Gasteiger partial charge in [-0.25, -0.2) is 0 Å². The number of thioether (sulfide) groups is 1. The van der Waals surface area contributed by atoms with Crippen molar-refractivity contribution in [1.29, 1.82) is 0 Å². The average Bonchev–Trinajstić information content (AvgIpc) is 2.72.